The lowest BCUT2D eigenvalue weighted by Crippen LogP contribution is -2.38. The molecule has 1 aromatic carbocycles. The number of nitrogens with zero attached hydrogens (tertiary/aromatic N) is 4. The highest BCUT2D eigenvalue weighted by molar-refractivity contribution is 14.0. The molecule has 0 aliphatic carbocycles. The van der Waals surface area contributed by atoms with E-state index in [4.69, 9.17) is 5.73 Å². The van der Waals surface area contributed by atoms with Gasteiger partial charge in [-0.05, 0) is 37.3 Å². The number of guanidine groups is 1. The summed E-state index contributed by atoms with van der Waals surface area (Å²) < 4.78 is 1.63. The molecule has 7 nitrogen and oxygen atoms in total. The highest BCUT2D eigenvalue weighted by Gasteiger charge is 2.16. The number of aliphatic imine (C=N–C) groups is 1. The summed E-state index contributed by atoms with van der Waals surface area (Å²) in [5, 5.41) is 20.6. The largest absolute Gasteiger partial charge is 0.382 e. The number of halogens is 1. The Morgan fingerprint density at radius 1 is 1.25 bits per heavy atom. The van der Waals surface area contributed by atoms with Crippen molar-refractivity contribution >= 4 is 35.8 Å². The van der Waals surface area contributed by atoms with Crippen molar-refractivity contribution in [2.24, 2.45) is 10.9 Å². The van der Waals surface area contributed by atoms with E-state index in [0.717, 1.165) is 43.3 Å². The minimum atomic E-state index is 0. The van der Waals surface area contributed by atoms with E-state index in [1.165, 1.54) is 0 Å². The smallest absolute Gasteiger partial charge is 0.190 e. The van der Waals surface area contributed by atoms with Crippen molar-refractivity contribution in [3.63, 3.8) is 0 Å². The Bertz CT molecular complexity index is 791. The molecule has 0 fully saturated rings. The molecule has 1 heterocycles. The maximum atomic E-state index is 9.46. The predicted octanol–water partition coefficient (Wildman–Crippen LogP) is 3.09. The van der Waals surface area contributed by atoms with Gasteiger partial charge in [0.2, 0.25) is 0 Å². The number of nitriles is 1. The minimum absolute atomic E-state index is 0. The molecule has 2 rings (SSSR count). The number of aromatic nitrogens is 2. The number of hydrogen-bond acceptors (Lipinski definition) is 4. The monoisotopic (exact) mass is 495 g/mol. The Labute approximate surface area is 184 Å². The summed E-state index contributed by atoms with van der Waals surface area (Å²) in [5.74, 6) is 1.84. The Hall–Kier alpha value is -2.28. The molecule has 0 spiro atoms. The maximum Gasteiger partial charge on any atom is 0.190 e. The first kappa shape index (κ1) is 23.8. The van der Waals surface area contributed by atoms with Gasteiger partial charge in [0.25, 0.3) is 0 Å². The van der Waals surface area contributed by atoms with Crippen LogP contribution < -0.4 is 16.4 Å². The van der Waals surface area contributed by atoms with Crippen molar-refractivity contribution in [3.05, 3.63) is 41.6 Å². The van der Waals surface area contributed by atoms with Crippen LogP contribution in [0.25, 0.3) is 5.69 Å². The zero-order chi connectivity index (χ0) is 19.6. The van der Waals surface area contributed by atoms with Gasteiger partial charge in [-0.15, -0.1) is 24.0 Å². The van der Waals surface area contributed by atoms with E-state index in [1.54, 1.807) is 11.7 Å². The lowest BCUT2D eigenvalue weighted by atomic mass is 10.1. The van der Waals surface area contributed by atoms with E-state index in [1.807, 2.05) is 30.3 Å². The fraction of sp³-hybridized carbons (Fsp3) is 0.450. The van der Waals surface area contributed by atoms with E-state index >= 15 is 0 Å². The average molecular weight is 495 g/mol. The predicted molar refractivity (Wildman–Crippen MR) is 125 cm³/mol. The van der Waals surface area contributed by atoms with Crippen molar-refractivity contribution in [1.82, 2.24) is 20.4 Å². The second kappa shape index (κ2) is 12.2. The van der Waals surface area contributed by atoms with Crippen LogP contribution in [-0.2, 0) is 6.42 Å². The molecule has 28 heavy (non-hydrogen) atoms. The molecule has 0 radical (unpaired) electrons. The van der Waals surface area contributed by atoms with Gasteiger partial charge in [0.1, 0.15) is 17.5 Å². The Balaban J connectivity index is 0.00000392. The van der Waals surface area contributed by atoms with Crippen LogP contribution in [0.3, 0.4) is 0 Å². The normalized spacial score (nSPS) is 11.0. The number of anilines is 1. The minimum Gasteiger partial charge on any atom is -0.382 e. The van der Waals surface area contributed by atoms with Gasteiger partial charge in [0.15, 0.2) is 5.96 Å². The molecule has 8 heteroatoms. The summed E-state index contributed by atoms with van der Waals surface area (Å²) in [4.78, 5) is 4.22. The number of nitrogen functional groups attached to an aromatic ring is 1. The van der Waals surface area contributed by atoms with Crippen LogP contribution in [0.1, 0.15) is 37.9 Å². The zero-order valence-corrected chi connectivity index (χ0v) is 19.1. The lowest BCUT2D eigenvalue weighted by molar-refractivity contribution is 0.573. The molecule has 1 aromatic heterocycles. The molecule has 4 N–H and O–H groups in total. The van der Waals surface area contributed by atoms with Gasteiger partial charge < -0.3 is 16.4 Å². The number of nitrogens with one attached hydrogen (secondary N) is 2. The van der Waals surface area contributed by atoms with Crippen LogP contribution in [0.15, 0.2) is 35.3 Å². The van der Waals surface area contributed by atoms with Crippen molar-refractivity contribution in [3.8, 4) is 11.8 Å². The molecule has 0 amide bonds. The number of rotatable bonds is 8. The van der Waals surface area contributed by atoms with E-state index in [0.29, 0.717) is 23.7 Å². The van der Waals surface area contributed by atoms with Gasteiger partial charge in [0, 0.05) is 20.1 Å². The van der Waals surface area contributed by atoms with Gasteiger partial charge in [0.05, 0.1) is 11.4 Å². The van der Waals surface area contributed by atoms with Crippen LogP contribution >= 0.6 is 24.0 Å². The lowest BCUT2D eigenvalue weighted by Gasteiger charge is -2.12. The summed E-state index contributed by atoms with van der Waals surface area (Å²) in [7, 11) is 1.76. The van der Waals surface area contributed by atoms with Gasteiger partial charge in [-0.1, -0.05) is 32.0 Å². The maximum absolute atomic E-state index is 9.46. The molecule has 0 bridgehead atoms. The second-order valence-electron chi connectivity index (χ2n) is 6.78. The van der Waals surface area contributed by atoms with E-state index in [9.17, 15) is 5.26 Å². The number of aryl methyl sites for hydroxylation is 1. The van der Waals surface area contributed by atoms with E-state index in [-0.39, 0.29) is 24.0 Å². The number of para-hydroxylation sites is 1. The van der Waals surface area contributed by atoms with Crippen LogP contribution in [0.4, 0.5) is 5.82 Å². The molecular weight excluding hydrogens is 465 g/mol. The van der Waals surface area contributed by atoms with Gasteiger partial charge >= 0.3 is 0 Å². The Morgan fingerprint density at radius 3 is 2.54 bits per heavy atom. The number of benzene rings is 1. The molecule has 0 aliphatic heterocycles. The third-order valence-electron chi connectivity index (χ3n) is 4.23. The SMILES string of the molecule is CN=C(NCCCc1nn(-c2ccccc2)c(N)c1C#N)NCCC(C)C.I. The fourth-order valence-electron chi connectivity index (χ4n) is 2.70. The Morgan fingerprint density at radius 2 is 1.93 bits per heavy atom. The summed E-state index contributed by atoms with van der Waals surface area (Å²) in [6.07, 6.45) is 2.59. The second-order valence-corrected chi connectivity index (χ2v) is 6.78. The first-order valence-electron chi connectivity index (χ1n) is 9.34. The molecule has 152 valence electrons. The van der Waals surface area contributed by atoms with Crippen molar-refractivity contribution in [2.75, 3.05) is 25.9 Å². The van der Waals surface area contributed by atoms with Gasteiger partial charge in [-0.25, -0.2) is 4.68 Å². The topological polar surface area (TPSA) is 104 Å². The average Bonchev–Trinajstić information content (AvgIpc) is 2.99. The molecule has 2 aromatic rings. The number of hydrogen-bond donors (Lipinski definition) is 3. The van der Waals surface area contributed by atoms with Crippen LogP contribution in [0.5, 0.6) is 0 Å². The van der Waals surface area contributed by atoms with Gasteiger partial charge in [-0.2, -0.15) is 10.4 Å². The molecule has 0 unspecified atom stereocenters. The summed E-state index contributed by atoms with van der Waals surface area (Å²) in [6, 6.07) is 11.8. The standard InChI is InChI=1S/C20H29N7.HI/c1-15(2)11-13-25-20(23-3)24-12-7-10-18-17(14-21)19(22)27(26-18)16-8-5-4-6-9-16;/h4-6,8-9,15H,7,10-13,22H2,1-3H3,(H2,23,24,25);1H. The van der Waals surface area contributed by atoms with Crippen LogP contribution in [0, 0.1) is 17.2 Å². The first-order chi connectivity index (χ1) is 13.1. The Kier molecular flexibility index (Phi) is 10.4. The molecule has 0 saturated heterocycles. The van der Waals surface area contributed by atoms with Gasteiger partial charge in [-0.3, -0.25) is 4.99 Å². The van der Waals surface area contributed by atoms with Crippen molar-refractivity contribution < 1.29 is 0 Å². The zero-order valence-electron chi connectivity index (χ0n) is 16.8. The van der Waals surface area contributed by atoms with E-state index in [2.05, 4.69) is 40.6 Å². The molecular formula is C20H30IN7. The molecule has 0 saturated carbocycles. The molecule has 0 atom stereocenters. The number of nitrogens with two attached hydrogens (primary N) is 1. The highest BCUT2D eigenvalue weighted by atomic mass is 127. The van der Waals surface area contributed by atoms with E-state index < -0.39 is 0 Å². The third kappa shape index (κ3) is 6.71. The highest BCUT2D eigenvalue weighted by Crippen LogP contribution is 2.21. The first-order valence-corrected chi connectivity index (χ1v) is 9.34. The summed E-state index contributed by atoms with van der Waals surface area (Å²) in [6.45, 7) is 6.04. The van der Waals surface area contributed by atoms with Crippen LogP contribution in [-0.4, -0.2) is 35.9 Å². The van der Waals surface area contributed by atoms with Crippen molar-refractivity contribution in [1.29, 1.82) is 5.26 Å². The quantitative estimate of drug-likeness (QED) is 0.226. The molecule has 0 aliphatic rings. The third-order valence-corrected chi connectivity index (χ3v) is 4.23. The fourth-order valence-corrected chi connectivity index (χ4v) is 2.70. The van der Waals surface area contributed by atoms with Crippen molar-refractivity contribution in [2.45, 2.75) is 33.1 Å². The van der Waals surface area contributed by atoms with Crippen LogP contribution in [0.2, 0.25) is 0 Å². The summed E-state index contributed by atoms with van der Waals surface area (Å²) in [5.41, 5.74) is 8.17. The summed E-state index contributed by atoms with van der Waals surface area (Å²) >= 11 is 0.